The molecule has 2 N–H and O–H groups in total. The van der Waals surface area contributed by atoms with Crippen LogP contribution in [0.3, 0.4) is 0 Å². The van der Waals surface area contributed by atoms with Crippen LogP contribution in [0.2, 0.25) is 0 Å². The Labute approximate surface area is 227 Å². The van der Waals surface area contributed by atoms with E-state index in [1.807, 2.05) is 0 Å². The third-order valence-corrected chi connectivity index (χ3v) is 6.88. The zero-order chi connectivity index (χ0) is 27.0. The van der Waals surface area contributed by atoms with Crippen molar-refractivity contribution in [2.75, 3.05) is 19.7 Å². The summed E-state index contributed by atoms with van der Waals surface area (Å²) in [7, 11) is 0. The first-order valence-corrected chi connectivity index (χ1v) is 15.5. The number of unbranched alkanes of at least 4 members (excludes halogenated alkanes) is 15. The van der Waals surface area contributed by atoms with Gasteiger partial charge in [0.25, 0.3) is 11.8 Å². The van der Waals surface area contributed by atoms with E-state index in [1.54, 1.807) is 18.2 Å². The highest BCUT2D eigenvalue weighted by Gasteiger charge is 2.16. The van der Waals surface area contributed by atoms with Crippen LogP contribution in [0, 0.1) is 0 Å². The molecule has 0 heterocycles. The summed E-state index contributed by atoms with van der Waals surface area (Å²) in [4.78, 5) is 25.5. The summed E-state index contributed by atoms with van der Waals surface area (Å²) in [5.74, 6) is 0.286. The van der Waals surface area contributed by atoms with Crippen LogP contribution in [0.15, 0.2) is 18.2 Å². The quantitative estimate of drug-likeness (QED) is 0.135. The smallest absolute Gasteiger partial charge is 0.255 e. The molecule has 0 bridgehead atoms. The van der Waals surface area contributed by atoms with Crippen molar-refractivity contribution < 1.29 is 14.3 Å². The number of benzene rings is 1. The Balaban J connectivity index is 2.57. The van der Waals surface area contributed by atoms with E-state index in [0.29, 0.717) is 36.6 Å². The Hall–Kier alpha value is -2.04. The highest BCUT2D eigenvalue weighted by Crippen LogP contribution is 2.22. The maximum absolute atomic E-state index is 12.9. The van der Waals surface area contributed by atoms with Crippen LogP contribution in [0.25, 0.3) is 0 Å². The maximum atomic E-state index is 12.9. The molecule has 0 unspecified atom stereocenters. The minimum atomic E-state index is -0.124. The van der Waals surface area contributed by atoms with Gasteiger partial charge in [-0.3, -0.25) is 9.59 Å². The van der Waals surface area contributed by atoms with E-state index < -0.39 is 0 Å². The second kappa shape index (κ2) is 23.1. The highest BCUT2D eigenvalue weighted by molar-refractivity contribution is 6.00. The number of nitrogens with one attached hydrogen (secondary N) is 2. The van der Waals surface area contributed by atoms with Gasteiger partial charge in [0.15, 0.2) is 0 Å². The van der Waals surface area contributed by atoms with Crippen molar-refractivity contribution in [1.29, 1.82) is 0 Å². The molecule has 0 fully saturated rings. The third kappa shape index (κ3) is 16.4. The zero-order valence-electron chi connectivity index (χ0n) is 24.3. The van der Waals surface area contributed by atoms with Crippen LogP contribution in [0.1, 0.15) is 157 Å². The first-order valence-electron chi connectivity index (χ1n) is 15.5. The molecule has 1 rings (SSSR count). The molecule has 0 aliphatic carbocycles. The van der Waals surface area contributed by atoms with Crippen LogP contribution < -0.4 is 15.4 Å². The van der Waals surface area contributed by atoms with Gasteiger partial charge in [0, 0.05) is 18.7 Å². The fourth-order valence-corrected chi connectivity index (χ4v) is 4.45. The summed E-state index contributed by atoms with van der Waals surface area (Å²) >= 11 is 0. The van der Waals surface area contributed by atoms with Crippen LogP contribution in [-0.4, -0.2) is 31.5 Å². The fourth-order valence-electron chi connectivity index (χ4n) is 4.45. The monoisotopic (exact) mass is 516 g/mol. The molecule has 1 aromatic rings. The molecule has 5 heteroatoms. The lowest BCUT2D eigenvalue weighted by Crippen LogP contribution is -2.26. The van der Waals surface area contributed by atoms with Crippen molar-refractivity contribution in [1.82, 2.24) is 10.6 Å². The van der Waals surface area contributed by atoms with Gasteiger partial charge in [0.05, 0.1) is 12.2 Å². The number of carbonyl (C=O) groups excluding carboxylic acids is 2. The molecule has 5 nitrogen and oxygen atoms in total. The topological polar surface area (TPSA) is 67.4 Å². The maximum Gasteiger partial charge on any atom is 0.255 e. The number of amides is 2. The molecule has 0 aliphatic heterocycles. The Morgan fingerprint density at radius 3 is 1.59 bits per heavy atom. The van der Waals surface area contributed by atoms with Gasteiger partial charge in [-0.15, -0.1) is 0 Å². The molecule has 0 aromatic heterocycles. The van der Waals surface area contributed by atoms with E-state index in [2.05, 4.69) is 31.4 Å². The van der Waals surface area contributed by atoms with E-state index in [4.69, 9.17) is 4.74 Å². The molecule has 0 radical (unpaired) electrons. The average Bonchev–Trinajstić information content (AvgIpc) is 2.91. The molecule has 1 aromatic carbocycles. The van der Waals surface area contributed by atoms with Gasteiger partial charge in [-0.1, -0.05) is 117 Å². The molecule has 2 amide bonds. The van der Waals surface area contributed by atoms with Gasteiger partial charge < -0.3 is 15.4 Å². The van der Waals surface area contributed by atoms with Gasteiger partial charge in [-0.05, 0) is 37.5 Å². The van der Waals surface area contributed by atoms with Gasteiger partial charge in [-0.25, -0.2) is 0 Å². The first kappa shape index (κ1) is 33.0. The summed E-state index contributed by atoms with van der Waals surface area (Å²) in [6.07, 6.45) is 21.6. The van der Waals surface area contributed by atoms with Crippen molar-refractivity contribution in [3.63, 3.8) is 0 Å². The number of rotatable bonds is 24. The Morgan fingerprint density at radius 1 is 0.595 bits per heavy atom. The largest absolute Gasteiger partial charge is 0.493 e. The minimum absolute atomic E-state index is 0.105. The number of hydrogen-bond acceptors (Lipinski definition) is 3. The van der Waals surface area contributed by atoms with Crippen LogP contribution >= 0.6 is 0 Å². The molecular weight excluding hydrogens is 460 g/mol. The van der Waals surface area contributed by atoms with Crippen LogP contribution in [0.5, 0.6) is 5.75 Å². The normalized spacial score (nSPS) is 10.9. The standard InChI is InChI=1S/C32H56N2O3/c1-4-7-10-13-14-15-16-17-18-21-26-37-30-27-28(31(35)33-24-19-11-8-5-2)22-23-29(30)32(36)34-25-20-12-9-6-3/h22-23,27H,4-21,24-26H2,1-3H3,(H,33,35)(H,34,36). The van der Waals surface area contributed by atoms with E-state index in [-0.39, 0.29) is 11.8 Å². The first-order chi connectivity index (χ1) is 18.1. The molecule has 0 aliphatic rings. The van der Waals surface area contributed by atoms with E-state index in [1.165, 1.54) is 77.0 Å². The summed E-state index contributed by atoms with van der Waals surface area (Å²) < 4.78 is 6.08. The van der Waals surface area contributed by atoms with E-state index in [9.17, 15) is 9.59 Å². The predicted molar refractivity (Wildman–Crippen MR) is 157 cm³/mol. The van der Waals surface area contributed by atoms with Crippen molar-refractivity contribution >= 4 is 11.8 Å². The van der Waals surface area contributed by atoms with Crippen molar-refractivity contribution in [3.05, 3.63) is 29.3 Å². The third-order valence-electron chi connectivity index (χ3n) is 6.88. The second-order valence-corrected chi connectivity index (χ2v) is 10.4. The zero-order valence-corrected chi connectivity index (χ0v) is 24.3. The van der Waals surface area contributed by atoms with Crippen molar-refractivity contribution in [3.8, 4) is 5.75 Å². The molecule has 0 saturated heterocycles. The minimum Gasteiger partial charge on any atom is -0.493 e. The second-order valence-electron chi connectivity index (χ2n) is 10.4. The molecule has 0 atom stereocenters. The SMILES string of the molecule is CCCCCCCCCCCCOc1cc(C(=O)NCCCCCC)ccc1C(=O)NCCCCCC. The summed E-state index contributed by atoms with van der Waals surface area (Å²) in [6.45, 7) is 8.52. The fraction of sp³-hybridized carbons (Fsp3) is 0.750. The van der Waals surface area contributed by atoms with Crippen LogP contribution in [-0.2, 0) is 0 Å². The van der Waals surface area contributed by atoms with Crippen LogP contribution in [0.4, 0.5) is 0 Å². The molecule has 212 valence electrons. The average molecular weight is 517 g/mol. The summed E-state index contributed by atoms with van der Waals surface area (Å²) in [6, 6.07) is 5.21. The Bertz CT molecular complexity index is 720. The van der Waals surface area contributed by atoms with Gasteiger partial charge in [-0.2, -0.15) is 0 Å². The Morgan fingerprint density at radius 2 is 1.05 bits per heavy atom. The lowest BCUT2D eigenvalue weighted by molar-refractivity contribution is 0.0937. The van der Waals surface area contributed by atoms with Crippen molar-refractivity contribution in [2.45, 2.75) is 136 Å². The van der Waals surface area contributed by atoms with Gasteiger partial charge in [0.2, 0.25) is 0 Å². The predicted octanol–water partition coefficient (Wildman–Crippen LogP) is 8.61. The number of hydrogen-bond donors (Lipinski definition) is 2. The molecule has 0 saturated carbocycles. The summed E-state index contributed by atoms with van der Waals surface area (Å²) in [5, 5.41) is 6.03. The van der Waals surface area contributed by atoms with E-state index >= 15 is 0 Å². The molecular formula is C32H56N2O3. The van der Waals surface area contributed by atoms with Gasteiger partial charge >= 0.3 is 0 Å². The lowest BCUT2D eigenvalue weighted by atomic mass is 10.1. The van der Waals surface area contributed by atoms with E-state index in [0.717, 1.165) is 38.5 Å². The molecule has 37 heavy (non-hydrogen) atoms. The van der Waals surface area contributed by atoms with Gasteiger partial charge in [0.1, 0.15) is 5.75 Å². The summed E-state index contributed by atoms with van der Waals surface area (Å²) in [5.41, 5.74) is 1.06. The van der Waals surface area contributed by atoms with Crippen molar-refractivity contribution in [2.24, 2.45) is 0 Å². The number of carbonyl (C=O) groups is 2. The lowest BCUT2D eigenvalue weighted by Gasteiger charge is -2.14. The Kier molecular flexibility index (Phi) is 20.6. The highest BCUT2D eigenvalue weighted by atomic mass is 16.5. The molecule has 0 spiro atoms. The number of ether oxygens (including phenoxy) is 1.